The number of rotatable bonds is 9. The Morgan fingerprint density at radius 2 is 1.63 bits per heavy atom. The molecule has 2 aliphatic rings. The molecule has 5 rings (SSSR count). The Morgan fingerprint density at radius 1 is 1.00 bits per heavy atom. The summed E-state index contributed by atoms with van der Waals surface area (Å²) in [5.74, 6) is -1.51. The first-order valence-electron chi connectivity index (χ1n) is 14.4. The highest BCUT2D eigenvalue weighted by Crippen LogP contribution is 2.42. The number of piperidine rings is 1. The highest BCUT2D eigenvalue weighted by Gasteiger charge is 2.40. The van der Waals surface area contributed by atoms with Crippen LogP contribution in [0, 0.1) is 5.92 Å². The van der Waals surface area contributed by atoms with Crippen LogP contribution in [0.2, 0.25) is 0 Å². The zero-order valence-corrected chi connectivity index (χ0v) is 24.1. The van der Waals surface area contributed by atoms with Crippen molar-refractivity contribution >= 4 is 17.6 Å². The van der Waals surface area contributed by atoms with Crippen molar-refractivity contribution in [3.05, 3.63) is 107 Å². The number of esters is 1. The van der Waals surface area contributed by atoms with E-state index in [4.69, 9.17) is 9.15 Å². The second-order valence-electron chi connectivity index (χ2n) is 11.1. The maximum Gasteiger partial charge on any atom is 0.315 e. The maximum absolute atomic E-state index is 13.2. The van der Waals surface area contributed by atoms with Crippen LogP contribution in [0.5, 0.6) is 0 Å². The largest absolute Gasteiger partial charge is 0.472 e. The predicted octanol–water partition coefficient (Wildman–Crippen LogP) is 5.84. The molecule has 2 unspecified atom stereocenters. The van der Waals surface area contributed by atoms with Gasteiger partial charge in [0.2, 0.25) is 5.91 Å². The van der Waals surface area contributed by atoms with Crippen molar-refractivity contribution in [2.75, 3.05) is 26.7 Å². The van der Waals surface area contributed by atoms with Gasteiger partial charge in [-0.15, -0.1) is 0 Å². The average molecular weight is 554 g/mol. The molecule has 7 nitrogen and oxygen atoms in total. The van der Waals surface area contributed by atoms with E-state index in [1.165, 1.54) is 18.2 Å². The van der Waals surface area contributed by atoms with E-state index >= 15 is 0 Å². The minimum Gasteiger partial charge on any atom is -0.472 e. The minimum absolute atomic E-state index is 0.0122. The monoisotopic (exact) mass is 553 g/mol. The van der Waals surface area contributed by atoms with E-state index in [-0.39, 0.29) is 17.3 Å². The lowest BCUT2D eigenvalue weighted by Crippen LogP contribution is -2.43. The molecule has 0 radical (unpaired) electrons. The normalized spacial score (nSPS) is 20.8. The summed E-state index contributed by atoms with van der Waals surface area (Å²) in [7, 11) is 1.37. The molecule has 1 saturated heterocycles. The number of carbonyl (C=O) groups is 2. The van der Waals surface area contributed by atoms with Crippen LogP contribution in [0.15, 0.2) is 100 Å². The lowest BCUT2D eigenvalue weighted by Gasteiger charge is -2.43. The fraction of sp³-hybridized carbons (Fsp3) is 0.382. The number of benzene rings is 2. The SMILES string of the molecule is COC(=O)C1C(C)=NC(C)=C(NC(=O)CCCN2CCC(c3ccccc3)(c3ccccc3)CC2)C1c1ccoc1. The number of methoxy groups -OCH3 is 1. The first kappa shape index (κ1) is 28.6. The van der Waals surface area contributed by atoms with Gasteiger partial charge in [-0.25, -0.2) is 0 Å². The Morgan fingerprint density at radius 3 is 2.20 bits per heavy atom. The average Bonchev–Trinajstić information content (AvgIpc) is 3.54. The maximum atomic E-state index is 13.2. The number of hydrogen-bond acceptors (Lipinski definition) is 6. The van der Waals surface area contributed by atoms with Gasteiger partial charge >= 0.3 is 5.97 Å². The molecule has 0 aliphatic carbocycles. The Bertz CT molecular complexity index is 1350. The van der Waals surface area contributed by atoms with E-state index in [0.29, 0.717) is 23.5 Å². The lowest BCUT2D eigenvalue weighted by molar-refractivity contribution is -0.143. The third-order valence-corrected chi connectivity index (χ3v) is 8.70. The third kappa shape index (κ3) is 6.05. The highest BCUT2D eigenvalue weighted by molar-refractivity contribution is 6.03. The first-order chi connectivity index (χ1) is 19.9. The molecule has 0 saturated carbocycles. The van der Waals surface area contributed by atoms with E-state index in [9.17, 15) is 9.59 Å². The molecule has 1 fully saturated rings. The zero-order valence-electron chi connectivity index (χ0n) is 24.1. The summed E-state index contributed by atoms with van der Waals surface area (Å²) in [6, 6.07) is 23.5. The van der Waals surface area contributed by atoms with Crippen LogP contribution < -0.4 is 5.32 Å². The quantitative estimate of drug-likeness (QED) is 0.337. The van der Waals surface area contributed by atoms with Crippen molar-refractivity contribution in [1.29, 1.82) is 0 Å². The first-order valence-corrected chi connectivity index (χ1v) is 14.4. The van der Waals surface area contributed by atoms with Crippen LogP contribution >= 0.6 is 0 Å². The second-order valence-corrected chi connectivity index (χ2v) is 11.1. The molecule has 7 heteroatoms. The number of likely N-dealkylation sites (tertiary alicyclic amines) is 1. The molecule has 214 valence electrons. The third-order valence-electron chi connectivity index (χ3n) is 8.70. The number of hydrogen-bond donors (Lipinski definition) is 1. The van der Waals surface area contributed by atoms with Gasteiger partial charge in [0, 0.05) is 34.7 Å². The van der Waals surface area contributed by atoms with Crippen molar-refractivity contribution in [3.8, 4) is 0 Å². The number of nitrogens with zero attached hydrogens (tertiary/aromatic N) is 2. The van der Waals surface area contributed by atoms with E-state index in [0.717, 1.165) is 44.5 Å². The van der Waals surface area contributed by atoms with Crippen molar-refractivity contribution in [2.24, 2.45) is 10.9 Å². The molecular weight excluding hydrogens is 514 g/mol. The molecule has 2 aliphatic heterocycles. The second kappa shape index (κ2) is 12.7. The number of amides is 1. The van der Waals surface area contributed by atoms with Gasteiger partial charge in [0.25, 0.3) is 0 Å². The summed E-state index contributed by atoms with van der Waals surface area (Å²) in [6.45, 7) is 6.50. The van der Waals surface area contributed by atoms with Crippen LogP contribution in [-0.2, 0) is 19.7 Å². The topological polar surface area (TPSA) is 84.1 Å². The summed E-state index contributed by atoms with van der Waals surface area (Å²) >= 11 is 0. The van der Waals surface area contributed by atoms with E-state index in [2.05, 4.69) is 75.9 Å². The summed E-state index contributed by atoms with van der Waals surface area (Å²) in [5, 5.41) is 3.10. The number of ether oxygens (including phenoxy) is 1. The van der Waals surface area contributed by atoms with Gasteiger partial charge in [-0.05, 0) is 69.9 Å². The molecule has 0 bridgehead atoms. The molecule has 41 heavy (non-hydrogen) atoms. The molecule has 3 heterocycles. The van der Waals surface area contributed by atoms with Crippen LogP contribution in [0.1, 0.15) is 62.1 Å². The van der Waals surface area contributed by atoms with Gasteiger partial charge in [0.05, 0.1) is 25.3 Å². The smallest absolute Gasteiger partial charge is 0.315 e. The van der Waals surface area contributed by atoms with Gasteiger partial charge in [-0.2, -0.15) is 0 Å². The molecule has 1 aromatic heterocycles. The van der Waals surface area contributed by atoms with Crippen LogP contribution in [-0.4, -0.2) is 49.2 Å². The molecular formula is C34H39N3O4. The molecule has 1 amide bonds. The Labute approximate surface area is 242 Å². The highest BCUT2D eigenvalue weighted by atomic mass is 16.5. The summed E-state index contributed by atoms with van der Waals surface area (Å²) in [4.78, 5) is 32.9. The van der Waals surface area contributed by atoms with Gasteiger partial charge < -0.3 is 19.4 Å². The Balaban J connectivity index is 1.21. The van der Waals surface area contributed by atoms with Crippen molar-refractivity contribution < 1.29 is 18.7 Å². The molecule has 0 spiro atoms. The van der Waals surface area contributed by atoms with Crippen LogP contribution in [0.4, 0.5) is 0 Å². The minimum atomic E-state index is -0.626. The van der Waals surface area contributed by atoms with Crippen LogP contribution in [0.3, 0.4) is 0 Å². The molecule has 1 N–H and O–H groups in total. The molecule has 2 aromatic carbocycles. The van der Waals surface area contributed by atoms with Crippen LogP contribution in [0.25, 0.3) is 0 Å². The standard InChI is InChI=1S/C34H39N3O4/c1-24-30(33(39)40-3)31(26-16-22-41-23-26)32(25(2)35-24)36-29(38)15-10-19-37-20-17-34(18-21-37,27-11-6-4-7-12-27)28-13-8-5-9-14-28/h4-9,11-14,16,22-23,30-31H,10,15,17-21H2,1-3H3,(H,36,38). The van der Waals surface area contributed by atoms with E-state index in [1.54, 1.807) is 12.5 Å². The lowest BCUT2D eigenvalue weighted by atomic mass is 9.68. The number of aliphatic imine (C=N–C) groups is 1. The molecule has 2 atom stereocenters. The molecule has 3 aromatic rings. The van der Waals surface area contributed by atoms with Gasteiger partial charge in [-0.3, -0.25) is 14.6 Å². The van der Waals surface area contributed by atoms with E-state index in [1.807, 2.05) is 19.9 Å². The van der Waals surface area contributed by atoms with Crippen molar-refractivity contribution in [3.63, 3.8) is 0 Å². The summed E-state index contributed by atoms with van der Waals surface area (Å²) in [6.07, 6.45) is 6.40. The zero-order chi connectivity index (χ0) is 28.8. The number of nitrogens with one attached hydrogen (secondary N) is 1. The number of furan rings is 1. The van der Waals surface area contributed by atoms with Gasteiger partial charge in [-0.1, -0.05) is 60.7 Å². The predicted molar refractivity (Wildman–Crippen MR) is 159 cm³/mol. The van der Waals surface area contributed by atoms with Crippen molar-refractivity contribution in [2.45, 2.75) is 50.9 Å². The van der Waals surface area contributed by atoms with Crippen molar-refractivity contribution in [1.82, 2.24) is 10.2 Å². The number of allylic oxidation sites excluding steroid dienone is 2. The Kier molecular flexibility index (Phi) is 8.84. The summed E-state index contributed by atoms with van der Waals surface area (Å²) < 4.78 is 10.4. The fourth-order valence-electron chi connectivity index (χ4n) is 6.53. The van der Waals surface area contributed by atoms with Gasteiger partial charge in [0.1, 0.15) is 5.92 Å². The van der Waals surface area contributed by atoms with E-state index < -0.39 is 11.8 Å². The fourth-order valence-corrected chi connectivity index (χ4v) is 6.53. The summed E-state index contributed by atoms with van der Waals surface area (Å²) in [5.41, 5.74) is 5.54. The van der Waals surface area contributed by atoms with Gasteiger partial charge in [0.15, 0.2) is 0 Å². The Hall–Kier alpha value is -3.97. The number of carbonyl (C=O) groups excluding carboxylic acids is 2.